The summed E-state index contributed by atoms with van der Waals surface area (Å²) < 4.78 is 66.7. The highest BCUT2D eigenvalue weighted by Crippen LogP contribution is 2.35. The van der Waals surface area contributed by atoms with Crippen LogP contribution < -0.4 is 5.32 Å². The van der Waals surface area contributed by atoms with Gasteiger partial charge >= 0.3 is 6.18 Å². The molecule has 1 aliphatic heterocycles. The fraction of sp³-hybridized carbons (Fsp3) is 0.409. The van der Waals surface area contributed by atoms with Gasteiger partial charge in [0.1, 0.15) is 0 Å². The Morgan fingerprint density at radius 2 is 1.50 bits per heavy atom. The SMILES string of the molecule is C[C@@H](NC(=O)[C@H](C)N1CCN(S(=O)(=O)c2ccccc2C(F)(F)F)CC1)c1ccccc1. The molecule has 0 aliphatic carbocycles. The molecule has 0 bridgehead atoms. The van der Waals surface area contributed by atoms with Gasteiger partial charge < -0.3 is 5.32 Å². The molecule has 10 heteroatoms. The van der Waals surface area contributed by atoms with E-state index >= 15 is 0 Å². The lowest BCUT2D eigenvalue weighted by Crippen LogP contribution is -2.55. The van der Waals surface area contributed by atoms with Gasteiger partial charge in [-0.2, -0.15) is 17.5 Å². The molecule has 1 aliphatic rings. The van der Waals surface area contributed by atoms with Crippen LogP contribution in [-0.2, 0) is 21.0 Å². The molecule has 1 N–H and O–H groups in total. The van der Waals surface area contributed by atoms with E-state index in [0.717, 1.165) is 28.1 Å². The van der Waals surface area contributed by atoms with E-state index < -0.39 is 32.7 Å². The van der Waals surface area contributed by atoms with Gasteiger partial charge in [0.15, 0.2) is 0 Å². The zero-order valence-corrected chi connectivity index (χ0v) is 18.7. The molecule has 2 aromatic carbocycles. The molecule has 1 heterocycles. The predicted octanol–water partition coefficient (Wildman–Crippen LogP) is 3.28. The summed E-state index contributed by atoms with van der Waals surface area (Å²) in [5, 5.41) is 2.95. The Kier molecular flexibility index (Phi) is 7.26. The topological polar surface area (TPSA) is 69.7 Å². The van der Waals surface area contributed by atoms with Crippen LogP contribution in [0.1, 0.15) is 31.0 Å². The molecule has 0 unspecified atom stereocenters. The van der Waals surface area contributed by atoms with E-state index in [2.05, 4.69) is 5.32 Å². The second-order valence-electron chi connectivity index (χ2n) is 7.75. The summed E-state index contributed by atoms with van der Waals surface area (Å²) in [5.74, 6) is -0.194. The van der Waals surface area contributed by atoms with Crippen LogP contribution in [0.25, 0.3) is 0 Å². The first kappa shape index (κ1) is 24.2. The van der Waals surface area contributed by atoms with Crippen LogP contribution in [0.4, 0.5) is 13.2 Å². The third kappa shape index (κ3) is 5.31. The van der Waals surface area contributed by atoms with E-state index in [1.165, 1.54) is 6.07 Å². The first-order valence-corrected chi connectivity index (χ1v) is 11.7. The fourth-order valence-corrected chi connectivity index (χ4v) is 5.36. The Morgan fingerprint density at radius 3 is 2.09 bits per heavy atom. The van der Waals surface area contributed by atoms with E-state index in [1.807, 2.05) is 42.2 Å². The first-order chi connectivity index (χ1) is 15.0. The van der Waals surface area contributed by atoms with E-state index in [-0.39, 0.29) is 38.1 Å². The zero-order valence-electron chi connectivity index (χ0n) is 17.8. The highest BCUT2D eigenvalue weighted by Gasteiger charge is 2.40. The lowest BCUT2D eigenvalue weighted by atomic mass is 10.1. The number of halogens is 3. The summed E-state index contributed by atoms with van der Waals surface area (Å²) in [6.45, 7) is 4.09. The van der Waals surface area contributed by atoms with Gasteiger partial charge in [0.25, 0.3) is 0 Å². The molecule has 3 rings (SSSR count). The average Bonchev–Trinajstić information content (AvgIpc) is 2.78. The van der Waals surface area contributed by atoms with Crippen molar-refractivity contribution < 1.29 is 26.4 Å². The quantitative estimate of drug-likeness (QED) is 0.705. The zero-order chi connectivity index (χ0) is 23.5. The van der Waals surface area contributed by atoms with Crippen molar-refractivity contribution in [2.75, 3.05) is 26.2 Å². The molecule has 2 aromatic rings. The van der Waals surface area contributed by atoms with Gasteiger partial charge in [0.05, 0.1) is 22.5 Å². The summed E-state index contributed by atoms with van der Waals surface area (Å²) in [6.07, 6.45) is -4.77. The average molecular weight is 470 g/mol. The molecule has 6 nitrogen and oxygen atoms in total. The standard InChI is InChI=1S/C22H26F3N3O3S/c1-16(18-8-4-3-5-9-18)26-21(29)17(2)27-12-14-28(15-13-27)32(30,31)20-11-7-6-10-19(20)22(23,24)25/h3-11,16-17H,12-15H2,1-2H3,(H,26,29)/t16-,17+/m1/s1. The van der Waals surface area contributed by atoms with E-state index in [9.17, 15) is 26.4 Å². The monoisotopic (exact) mass is 469 g/mol. The Labute approximate surface area is 186 Å². The summed E-state index contributed by atoms with van der Waals surface area (Å²) >= 11 is 0. The third-order valence-electron chi connectivity index (χ3n) is 5.67. The van der Waals surface area contributed by atoms with Gasteiger partial charge in [-0.25, -0.2) is 8.42 Å². The summed E-state index contributed by atoms with van der Waals surface area (Å²) in [6, 6.07) is 13.0. The van der Waals surface area contributed by atoms with Crippen molar-refractivity contribution in [2.24, 2.45) is 0 Å². The molecular weight excluding hydrogens is 443 g/mol. The maximum absolute atomic E-state index is 13.3. The van der Waals surface area contributed by atoms with Crippen LogP contribution in [0.3, 0.4) is 0 Å². The third-order valence-corrected chi connectivity index (χ3v) is 7.63. The molecule has 0 aromatic heterocycles. The van der Waals surface area contributed by atoms with Crippen LogP contribution in [0, 0.1) is 0 Å². The van der Waals surface area contributed by atoms with E-state index in [4.69, 9.17) is 0 Å². The highest BCUT2D eigenvalue weighted by molar-refractivity contribution is 7.89. The van der Waals surface area contributed by atoms with E-state index in [0.29, 0.717) is 0 Å². The van der Waals surface area contributed by atoms with Crippen molar-refractivity contribution in [3.63, 3.8) is 0 Å². The molecule has 0 saturated carbocycles. The molecular formula is C22H26F3N3O3S. The minimum absolute atomic E-state index is 0.000381. The van der Waals surface area contributed by atoms with Crippen LogP contribution in [0.2, 0.25) is 0 Å². The lowest BCUT2D eigenvalue weighted by molar-refractivity contribution is -0.140. The largest absolute Gasteiger partial charge is 0.417 e. The lowest BCUT2D eigenvalue weighted by Gasteiger charge is -2.37. The van der Waals surface area contributed by atoms with Crippen LogP contribution in [-0.4, -0.2) is 55.8 Å². The first-order valence-electron chi connectivity index (χ1n) is 10.3. The Hall–Kier alpha value is -2.43. The van der Waals surface area contributed by atoms with Crippen LogP contribution >= 0.6 is 0 Å². The van der Waals surface area contributed by atoms with Crippen molar-refractivity contribution in [3.8, 4) is 0 Å². The van der Waals surface area contributed by atoms with Gasteiger partial charge in [0.2, 0.25) is 15.9 Å². The minimum atomic E-state index is -4.77. The van der Waals surface area contributed by atoms with Crippen molar-refractivity contribution in [1.82, 2.24) is 14.5 Å². The molecule has 174 valence electrons. The van der Waals surface area contributed by atoms with Gasteiger partial charge in [-0.15, -0.1) is 0 Å². The van der Waals surface area contributed by atoms with Crippen molar-refractivity contribution in [2.45, 2.75) is 37.0 Å². The van der Waals surface area contributed by atoms with Crippen molar-refractivity contribution >= 4 is 15.9 Å². The summed E-state index contributed by atoms with van der Waals surface area (Å²) in [4.78, 5) is 13.8. The minimum Gasteiger partial charge on any atom is -0.348 e. The number of amides is 1. The summed E-state index contributed by atoms with van der Waals surface area (Å²) in [5.41, 5.74) is -0.211. The normalized spacial score (nSPS) is 18.2. The molecule has 0 radical (unpaired) electrons. The second kappa shape index (κ2) is 9.60. The number of sulfonamides is 1. The number of carbonyl (C=O) groups is 1. The number of rotatable bonds is 6. The highest BCUT2D eigenvalue weighted by atomic mass is 32.2. The van der Waals surface area contributed by atoms with Crippen molar-refractivity contribution in [1.29, 1.82) is 0 Å². The van der Waals surface area contributed by atoms with E-state index in [1.54, 1.807) is 6.92 Å². The number of nitrogens with zero attached hydrogens (tertiary/aromatic N) is 2. The Balaban J connectivity index is 1.64. The molecule has 32 heavy (non-hydrogen) atoms. The molecule has 1 amide bonds. The Bertz CT molecular complexity index is 1040. The number of hydrogen-bond donors (Lipinski definition) is 1. The number of hydrogen-bond acceptors (Lipinski definition) is 4. The molecule has 1 saturated heterocycles. The number of carbonyl (C=O) groups excluding carboxylic acids is 1. The van der Waals surface area contributed by atoms with Crippen LogP contribution in [0.15, 0.2) is 59.5 Å². The van der Waals surface area contributed by atoms with Gasteiger partial charge in [-0.05, 0) is 31.5 Å². The van der Waals surface area contributed by atoms with Crippen LogP contribution in [0.5, 0.6) is 0 Å². The fourth-order valence-electron chi connectivity index (χ4n) is 3.72. The molecule has 2 atom stereocenters. The number of piperazine rings is 1. The number of benzene rings is 2. The Morgan fingerprint density at radius 1 is 0.938 bits per heavy atom. The van der Waals surface area contributed by atoms with Gasteiger partial charge in [-0.3, -0.25) is 9.69 Å². The second-order valence-corrected chi connectivity index (χ2v) is 9.66. The summed E-state index contributed by atoms with van der Waals surface area (Å²) in [7, 11) is -4.31. The van der Waals surface area contributed by atoms with Crippen molar-refractivity contribution in [3.05, 3.63) is 65.7 Å². The number of nitrogens with one attached hydrogen (secondary N) is 1. The molecule has 1 fully saturated rings. The van der Waals surface area contributed by atoms with Gasteiger partial charge in [0, 0.05) is 26.2 Å². The number of alkyl halides is 3. The molecule has 0 spiro atoms. The maximum Gasteiger partial charge on any atom is 0.417 e. The predicted molar refractivity (Wildman–Crippen MR) is 114 cm³/mol. The maximum atomic E-state index is 13.3. The smallest absolute Gasteiger partial charge is 0.348 e. The van der Waals surface area contributed by atoms with Gasteiger partial charge in [-0.1, -0.05) is 42.5 Å².